The summed E-state index contributed by atoms with van der Waals surface area (Å²) >= 11 is 0. The fourth-order valence-corrected chi connectivity index (χ4v) is 2.09. The van der Waals surface area contributed by atoms with Gasteiger partial charge in [-0.1, -0.05) is 0 Å². The van der Waals surface area contributed by atoms with Crippen LogP contribution in [0.3, 0.4) is 0 Å². The van der Waals surface area contributed by atoms with Crippen LogP contribution in [0, 0.1) is 5.92 Å². The number of esters is 1. The maximum absolute atomic E-state index is 11.6. The first-order valence-corrected chi connectivity index (χ1v) is 4.94. The molecule has 0 aromatic carbocycles. The van der Waals surface area contributed by atoms with Crippen molar-refractivity contribution in [3.8, 4) is 0 Å². The van der Waals surface area contributed by atoms with Crippen LogP contribution in [0.4, 0.5) is 0 Å². The molecule has 3 fully saturated rings. The number of fused-ring (bicyclic) bond motifs is 1. The molecule has 1 unspecified atom stereocenters. The van der Waals surface area contributed by atoms with Gasteiger partial charge in [0.2, 0.25) is 0 Å². The third kappa shape index (κ3) is 1.70. The first-order chi connectivity index (χ1) is 5.96. The molecule has 0 radical (unpaired) electrons. The van der Waals surface area contributed by atoms with Crippen LogP contribution < -0.4 is 5.32 Å². The smallest absolute Gasteiger partial charge is 0.323 e. The molecule has 0 aromatic heterocycles. The van der Waals surface area contributed by atoms with Crippen LogP contribution in [0.2, 0.25) is 0 Å². The van der Waals surface area contributed by atoms with Crippen molar-refractivity contribution in [1.82, 2.24) is 5.32 Å². The van der Waals surface area contributed by atoms with Gasteiger partial charge in [0.15, 0.2) is 0 Å². The lowest BCUT2D eigenvalue weighted by Crippen LogP contribution is -2.37. The zero-order chi connectivity index (χ0) is 9.64. The minimum atomic E-state index is -0.355. The highest BCUT2D eigenvalue weighted by Crippen LogP contribution is 2.38. The zero-order valence-corrected chi connectivity index (χ0v) is 8.46. The van der Waals surface area contributed by atoms with E-state index in [1.54, 1.807) is 0 Å². The van der Waals surface area contributed by atoms with Crippen LogP contribution in [0.15, 0.2) is 0 Å². The molecule has 3 heteroatoms. The van der Waals surface area contributed by atoms with Crippen LogP contribution in [0.25, 0.3) is 0 Å². The molecule has 2 aliphatic heterocycles. The third-order valence-corrected chi connectivity index (χ3v) is 2.72. The number of rotatable bonds is 1. The SMILES string of the molecule is CC(C)(C)OC(=O)C1NC2CC1C2. The monoisotopic (exact) mass is 183 g/mol. The molecule has 74 valence electrons. The first-order valence-electron chi connectivity index (χ1n) is 4.94. The molecular weight excluding hydrogens is 166 g/mol. The molecule has 1 atom stereocenters. The molecule has 0 spiro atoms. The summed E-state index contributed by atoms with van der Waals surface area (Å²) in [6.45, 7) is 5.72. The Hall–Kier alpha value is -0.570. The molecule has 1 N–H and O–H groups in total. The van der Waals surface area contributed by atoms with E-state index in [0.717, 1.165) is 12.8 Å². The second-order valence-electron chi connectivity index (χ2n) is 5.11. The van der Waals surface area contributed by atoms with Crippen molar-refractivity contribution in [2.75, 3.05) is 0 Å². The fraction of sp³-hybridized carbons (Fsp3) is 0.900. The van der Waals surface area contributed by atoms with Crippen LogP contribution in [0.1, 0.15) is 33.6 Å². The Balaban J connectivity index is 1.91. The highest BCUT2D eigenvalue weighted by molar-refractivity contribution is 5.77. The number of hydrogen-bond donors (Lipinski definition) is 1. The van der Waals surface area contributed by atoms with E-state index in [1.807, 2.05) is 20.8 Å². The largest absolute Gasteiger partial charge is 0.459 e. The number of ether oxygens (including phenoxy) is 1. The first kappa shape index (κ1) is 9.00. The lowest BCUT2D eigenvalue weighted by molar-refractivity contribution is -0.157. The second kappa shape index (κ2) is 2.71. The predicted molar refractivity (Wildman–Crippen MR) is 49.3 cm³/mol. The van der Waals surface area contributed by atoms with Gasteiger partial charge in [-0.3, -0.25) is 4.79 Å². The van der Waals surface area contributed by atoms with Crippen molar-refractivity contribution in [3.05, 3.63) is 0 Å². The summed E-state index contributed by atoms with van der Waals surface area (Å²) in [5.74, 6) is 0.470. The summed E-state index contributed by atoms with van der Waals surface area (Å²) < 4.78 is 5.32. The molecule has 2 bridgehead atoms. The molecule has 0 amide bonds. The second-order valence-corrected chi connectivity index (χ2v) is 5.11. The number of hydrogen-bond acceptors (Lipinski definition) is 3. The maximum Gasteiger partial charge on any atom is 0.323 e. The average molecular weight is 183 g/mol. The van der Waals surface area contributed by atoms with Gasteiger partial charge in [-0.2, -0.15) is 0 Å². The molecule has 3 aliphatic rings. The Bertz CT molecular complexity index is 226. The molecule has 3 rings (SSSR count). The normalized spacial score (nSPS) is 37.0. The summed E-state index contributed by atoms with van der Waals surface area (Å²) in [6.07, 6.45) is 2.31. The van der Waals surface area contributed by atoms with Crippen LogP contribution in [-0.4, -0.2) is 23.7 Å². The summed E-state index contributed by atoms with van der Waals surface area (Å²) in [4.78, 5) is 11.6. The molecule has 3 nitrogen and oxygen atoms in total. The quantitative estimate of drug-likeness (QED) is 0.618. The zero-order valence-electron chi connectivity index (χ0n) is 8.46. The van der Waals surface area contributed by atoms with E-state index in [4.69, 9.17) is 4.74 Å². The number of carbonyl (C=O) groups excluding carboxylic acids is 1. The van der Waals surface area contributed by atoms with E-state index >= 15 is 0 Å². The fourth-order valence-electron chi connectivity index (χ4n) is 2.09. The van der Waals surface area contributed by atoms with E-state index < -0.39 is 0 Å². The molecule has 0 aromatic rings. The Morgan fingerprint density at radius 3 is 2.38 bits per heavy atom. The lowest BCUT2D eigenvalue weighted by Gasteiger charge is -2.24. The molecule has 13 heavy (non-hydrogen) atoms. The van der Waals surface area contributed by atoms with E-state index in [0.29, 0.717) is 12.0 Å². The van der Waals surface area contributed by atoms with Crippen LogP contribution in [-0.2, 0) is 9.53 Å². The van der Waals surface area contributed by atoms with Crippen molar-refractivity contribution in [2.24, 2.45) is 5.92 Å². The summed E-state index contributed by atoms with van der Waals surface area (Å²) in [5.41, 5.74) is -0.355. The van der Waals surface area contributed by atoms with Gasteiger partial charge in [-0.15, -0.1) is 0 Å². The minimum Gasteiger partial charge on any atom is -0.459 e. The van der Waals surface area contributed by atoms with Crippen molar-refractivity contribution in [3.63, 3.8) is 0 Å². The predicted octanol–water partition coefficient (Wildman–Crippen LogP) is 1.08. The highest BCUT2D eigenvalue weighted by Gasteiger charge is 2.48. The summed E-state index contributed by atoms with van der Waals surface area (Å²) in [7, 11) is 0. The third-order valence-electron chi connectivity index (χ3n) is 2.72. The van der Waals surface area contributed by atoms with Gasteiger partial charge in [0, 0.05) is 6.04 Å². The Labute approximate surface area is 78.8 Å². The van der Waals surface area contributed by atoms with Crippen LogP contribution >= 0.6 is 0 Å². The van der Waals surface area contributed by atoms with Gasteiger partial charge in [0.05, 0.1) is 0 Å². The van der Waals surface area contributed by atoms with E-state index in [1.165, 1.54) is 0 Å². The van der Waals surface area contributed by atoms with Crippen molar-refractivity contribution in [1.29, 1.82) is 0 Å². The average Bonchev–Trinajstić information content (AvgIpc) is 2.34. The standard InChI is InChI=1S/C10H17NO2/c1-10(2,3)13-9(12)8-6-4-7(5-6)11-8/h6-8,11H,4-5H2,1-3H3. The Kier molecular flexibility index (Phi) is 1.88. The number of nitrogens with one attached hydrogen (secondary N) is 1. The highest BCUT2D eigenvalue weighted by atomic mass is 16.6. The van der Waals surface area contributed by atoms with Gasteiger partial charge in [0.25, 0.3) is 0 Å². The van der Waals surface area contributed by atoms with Gasteiger partial charge in [-0.05, 0) is 39.5 Å². The van der Waals surface area contributed by atoms with Crippen molar-refractivity contribution < 1.29 is 9.53 Å². The van der Waals surface area contributed by atoms with Crippen molar-refractivity contribution >= 4 is 5.97 Å². The number of carbonyl (C=O) groups is 1. The van der Waals surface area contributed by atoms with Gasteiger partial charge in [-0.25, -0.2) is 0 Å². The molecule has 2 saturated heterocycles. The Morgan fingerprint density at radius 1 is 1.38 bits per heavy atom. The van der Waals surface area contributed by atoms with E-state index in [9.17, 15) is 4.79 Å². The summed E-state index contributed by atoms with van der Waals surface area (Å²) in [5, 5.41) is 3.28. The van der Waals surface area contributed by atoms with E-state index in [-0.39, 0.29) is 17.6 Å². The van der Waals surface area contributed by atoms with Gasteiger partial charge in [0.1, 0.15) is 11.6 Å². The topological polar surface area (TPSA) is 38.3 Å². The van der Waals surface area contributed by atoms with Gasteiger partial charge < -0.3 is 10.1 Å². The Morgan fingerprint density at radius 2 is 2.00 bits per heavy atom. The van der Waals surface area contributed by atoms with Gasteiger partial charge >= 0.3 is 5.97 Å². The minimum absolute atomic E-state index is 0.0239. The van der Waals surface area contributed by atoms with E-state index in [2.05, 4.69) is 5.32 Å². The lowest BCUT2D eigenvalue weighted by atomic mass is 9.83. The van der Waals surface area contributed by atoms with Crippen LogP contribution in [0.5, 0.6) is 0 Å². The molecule has 2 heterocycles. The maximum atomic E-state index is 11.6. The molecule has 1 aliphatic carbocycles. The summed E-state index contributed by atoms with van der Waals surface area (Å²) in [6, 6.07) is 0.562. The van der Waals surface area contributed by atoms with Crippen molar-refractivity contribution in [2.45, 2.75) is 51.3 Å². The molecule has 1 saturated carbocycles. The molecular formula is C10H17NO2.